The third-order valence-electron chi connectivity index (χ3n) is 7.69. The molecule has 6 rings (SSSR count). The number of likely N-dealkylation sites (tertiary alicyclic amines) is 1. The topological polar surface area (TPSA) is 67.3 Å². The molecule has 2 aromatic heterocycles. The lowest BCUT2D eigenvalue weighted by atomic mass is 9.77. The Morgan fingerprint density at radius 1 is 1.06 bits per heavy atom. The van der Waals surface area contributed by atoms with E-state index in [0.717, 1.165) is 54.7 Å². The van der Waals surface area contributed by atoms with Crippen LogP contribution in [0.4, 0.5) is 0 Å². The van der Waals surface area contributed by atoms with Gasteiger partial charge in [0.25, 0.3) is 5.56 Å². The van der Waals surface area contributed by atoms with Gasteiger partial charge in [-0.2, -0.15) is 0 Å². The summed E-state index contributed by atoms with van der Waals surface area (Å²) in [6.07, 6.45) is 4.10. The molecule has 1 aliphatic heterocycles. The highest BCUT2D eigenvalue weighted by molar-refractivity contribution is 7.25. The zero-order valence-corrected chi connectivity index (χ0v) is 20.2. The second kappa shape index (κ2) is 8.71. The highest BCUT2D eigenvalue weighted by Gasteiger charge is 2.37. The number of unbranched alkanes of at least 4 members (excludes halogenated alkanes) is 1. The average Bonchev–Trinajstić information content (AvgIpc) is 3.44. The number of benzene rings is 2. The zero-order chi connectivity index (χ0) is 23.2. The molecular weight excluding hydrogens is 446 g/mol. The Kier molecular flexibility index (Phi) is 5.54. The van der Waals surface area contributed by atoms with E-state index in [1.807, 2.05) is 24.3 Å². The van der Waals surface area contributed by atoms with Crippen molar-refractivity contribution in [3.05, 3.63) is 74.4 Å². The molecule has 4 aromatic rings. The predicted octanol–water partition coefficient (Wildman–Crippen LogP) is 4.36. The molecule has 0 unspecified atom stereocenters. The van der Waals surface area contributed by atoms with E-state index in [1.165, 1.54) is 33.5 Å². The first-order valence-electron chi connectivity index (χ1n) is 12.2. The number of aromatic amines is 1. The van der Waals surface area contributed by atoms with E-state index >= 15 is 0 Å². The first-order valence-corrected chi connectivity index (χ1v) is 13.0. The van der Waals surface area contributed by atoms with Crippen molar-refractivity contribution in [2.75, 3.05) is 26.7 Å². The third kappa shape index (κ3) is 3.58. The molecule has 1 fully saturated rings. The van der Waals surface area contributed by atoms with Crippen molar-refractivity contribution in [3.8, 4) is 5.75 Å². The largest absolute Gasteiger partial charge is 0.496 e. The van der Waals surface area contributed by atoms with E-state index in [1.54, 1.807) is 7.11 Å². The van der Waals surface area contributed by atoms with Crippen LogP contribution in [0.15, 0.2) is 52.1 Å². The van der Waals surface area contributed by atoms with E-state index in [2.05, 4.69) is 28.1 Å². The van der Waals surface area contributed by atoms with Crippen molar-refractivity contribution >= 4 is 31.6 Å². The lowest BCUT2D eigenvalue weighted by molar-refractivity contribution is 0.310. The molecule has 34 heavy (non-hydrogen) atoms. The zero-order valence-electron chi connectivity index (χ0n) is 19.4. The summed E-state index contributed by atoms with van der Waals surface area (Å²) >= 11 is 1.46. The quantitative estimate of drug-likeness (QED) is 0.421. The molecule has 2 aromatic carbocycles. The summed E-state index contributed by atoms with van der Waals surface area (Å²) in [6.45, 7) is 3.68. The van der Waals surface area contributed by atoms with Gasteiger partial charge in [-0.25, -0.2) is 4.79 Å². The van der Waals surface area contributed by atoms with Gasteiger partial charge in [0.2, 0.25) is 0 Å². The van der Waals surface area contributed by atoms with Gasteiger partial charge in [0, 0.05) is 35.6 Å². The lowest BCUT2D eigenvalue weighted by Crippen LogP contribution is -2.34. The fraction of sp³-hybridized carbons (Fsp3) is 0.407. The number of H-pyrrole nitrogens is 1. The van der Waals surface area contributed by atoms with Crippen LogP contribution < -0.4 is 16.0 Å². The van der Waals surface area contributed by atoms with Crippen molar-refractivity contribution in [1.82, 2.24) is 14.5 Å². The number of ether oxygens (including phenoxy) is 1. The first-order chi connectivity index (χ1) is 16.6. The van der Waals surface area contributed by atoms with Crippen molar-refractivity contribution in [1.29, 1.82) is 0 Å². The number of fused-ring (bicyclic) bond motifs is 6. The number of methoxy groups -OCH3 is 1. The highest BCUT2D eigenvalue weighted by Crippen LogP contribution is 2.44. The van der Waals surface area contributed by atoms with Crippen molar-refractivity contribution in [3.63, 3.8) is 0 Å². The van der Waals surface area contributed by atoms with E-state index in [9.17, 15) is 9.59 Å². The summed E-state index contributed by atoms with van der Waals surface area (Å²) in [6, 6.07) is 14.3. The average molecular weight is 476 g/mol. The normalized spacial score (nSPS) is 20.0. The molecule has 0 saturated carbocycles. The molecule has 1 aliphatic carbocycles. The van der Waals surface area contributed by atoms with E-state index in [0.29, 0.717) is 28.6 Å². The summed E-state index contributed by atoms with van der Waals surface area (Å²) in [5, 5.41) is 0.943. The minimum absolute atomic E-state index is 0.169. The van der Waals surface area contributed by atoms with Crippen LogP contribution in [0.3, 0.4) is 0 Å². The molecule has 0 bridgehead atoms. The van der Waals surface area contributed by atoms with Gasteiger partial charge in [-0.05, 0) is 61.4 Å². The predicted molar refractivity (Wildman–Crippen MR) is 137 cm³/mol. The summed E-state index contributed by atoms with van der Waals surface area (Å²) in [4.78, 5) is 31.2. The Morgan fingerprint density at radius 3 is 2.79 bits per heavy atom. The van der Waals surface area contributed by atoms with Crippen molar-refractivity contribution in [2.45, 2.75) is 38.1 Å². The Bertz CT molecular complexity index is 1480. The van der Waals surface area contributed by atoms with E-state index in [-0.39, 0.29) is 11.2 Å². The van der Waals surface area contributed by atoms with Crippen molar-refractivity contribution < 1.29 is 4.74 Å². The molecule has 6 nitrogen and oxygen atoms in total. The van der Waals surface area contributed by atoms with E-state index in [4.69, 9.17) is 4.74 Å². The molecule has 0 spiro atoms. The van der Waals surface area contributed by atoms with Gasteiger partial charge in [-0.15, -0.1) is 11.3 Å². The second-order valence-corrected chi connectivity index (χ2v) is 10.6. The van der Waals surface area contributed by atoms with Crippen LogP contribution in [-0.4, -0.2) is 41.2 Å². The summed E-state index contributed by atoms with van der Waals surface area (Å²) in [5.41, 5.74) is 3.05. The van der Waals surface area contributed by atoms with Gasteiger partial charge in [-0.1, -0.05) is 30.3 Å². The fourth-order valence-electron chi connectivity index (χ4n) is 6.02. The number of thiophene rings is 1. The number of hydrogen-bond acceptors (Lipinski definition) is 5. The lowest BCUT2D eigenvalue weighted by Gasteiger charge is -2.28. The van der Waals surface area contributed by atoms with Gasteiger partial charge in [0.05, 0.1) is 12.6 Å². The molecule has 2 atom stereocenters. The molecule has 3 heterocycles. The van der Waals surface area contributed by atoms with Crippen LogP contribution in [0, 0.1) is 5.92 Å². The highest BCUT2D eigenvalue weighted by atomic mass is 32.1. The fourth-order valence-corrected chi connectivity index (χ4v) is 7.13. The van der Waals surface area contributed by atoms with Gasteiger partial charge < -0.3 is 14.6 Å². The van der Waals surface area contributed by atoms with Crippen LogP contribution >= 0.6 is 11.3 Å². The minimum Gasteiger partial charge on any atom is -0.496 e. The molecule has 0 radical (unpaired) electrons. The molecule has 0 amide bonds. The summed E-state index contributed by atoms with van der Waals surface area (Å²) in [5.74, 6) is 2.32. The van der Waals surface area contributed by atoms with Crippen LogP contribution in [0.5, 0.6) is 5.75 Å². The van der Waals surface area contributed by atoms with Crippen LogP contribution in [-0.2, 0) is 13.0 Å². The Hall–Kier alpha value is -2.90. The smallest absolute Gasteiger partial charge is 0.328 e. The second-order valence-electron chi connectivity index (χ2n) is 9.59. The van der Waals surface area contributed by atoms with Gasteiger partial charge in [-0.3, -0.25) is 9.36 Å². The Balaban J connectivity index is 1.11. The molecule has 176 valence electrons. The maximum Gasteiger partial charge on any atom is 0.328 e. The number of hydrogen-bond donors (Lipinski definition) is 1. The monoisotopic (exact) mass is 475 g/mol. The first kappa shape index (κ1) is 21.6. The molecule has 2 aliphatic rings. The molecule has 7 heteroatoms. The van der Waals surface area contributed by atoms with Crippen molar-refractivity contribution in [2.24, 2.45) is 5.92 Å². The molecular formula is C27H29N3O3S. The number of nitrogens with one attached hydrogen (secondary N) is 1. The number of aromatic nitrogens is 2. The maximum absolute atomic E-state index is 13.0. The van der Waals surface area contributed by atoms with Crippen LogP contribution in [0.25, 0.3) is 20.3 Å². The van der Waals surface area contributed by atoms with Crippen LogP contribution in [0.1, 0.15) is 36.3 Å². The number of rotatable bonds is 6. The van der Waals surface area contributed by atoms with Gasteiger partial charge in [0.1, 0.15) is 10.4 Å². The van der Waals surface area contributed by atoms with Crippen LogP contribution in [0.2, 0.25) is 0 Å². The third-order valence-corrected chi connectivity index (χ3v) is 8.85. The van der Waals surface area contributed by atoms with E-state index < -0.39 is 0 Å². The molecule has 1 saturated heterocycles. The standard InChI is InChI=1S/C27H29N3O3S/c1-33-22-9-6-8-18-19(22)12-11-17-15-29(16-21(17)18)13-4-5-14-30-26(31)25-24(28-27(30)32)20-7-2-3-10-23(20)34-25/h2-3,6-10,17,21H,4-5,11-16H2,1H3,(H,28,32)/t17-,21+/m0/s1. The molecule has 1 N–H and O–H groups in total. The summed E-state index contributed by atoms with van der Waals surface area (Å²) < 4.78 is 8.65. The SMILES string of the molecule is COc1cccc2c1CC[C@H]1CN(CCCCn3c(=O)[nH]c4c(sc5ccccc54)c3=O)C[C@@H]21. The number of nitrogens with zero attached hydrogens (tertiary/aromatic N) is 2. The Labute approximate surface area is 201 Å². The minimum atomic E-state index is -0.307. The Morgan fingerprint density at radius 2 is 1.91 bits per heavy atom. The summed E-state index contributed by atoms with van der Waals surface area (Å²) in [7, 11) is 1.76. The maximum atomic E-state index is 13.0. The van der Waals surface area contributed by atoms with Gasteiger partial charge >= 0.3 is 5.69 Å². The van der Waals surface area contributed by atoms with Gasteiger partial charge in [0.15, 0.2) is 0 Å².